The van der Waals surface area contributed by atoms with Gasteiger partial charge in [0, 0.05) is 18.5 Å². The van der Waals surface area contributed by atoms with Gasteiger partial charge < -0.3 is 5.32 Å². The van der Waals surface area contributed by atoms with E-state index in [9.17, 15) is 0 Å². The van der Waals surface area contributed by atoms with Gasteiger partial charge >= 0.3 is 0 Å². The molecule has 0 aliphatic heterocycles. The zero-order chi connectivity index (χ0) is 13.9. The first kappa shape index (κ1) is 12.6. The Morgan fingerprint density at radius 3 is 2.70 bits per heavy atom. The van der Waals surface area contributed by atoms with Gasteiger partial charge in [-0.25, -0.2) is 4.98 Å². The fraction of sp³-hybridized carbons (Fsp3) is 0.267. The number of nitrogens with one attached hydrogen (secondary N) is 1. The molecular weight excluding hydrogens is 250 g/mol. The normalized spacial score (nSPS) is 10.9. The summed E-state index contributed by atoms with van der Waals surface area (Å²) in [4.78, 5) is 4.68. The maximum absolute atomic E-state index is 4.68. The first-order chi connectivity index (χ1) is 9.83. The van der Waals surface area contributed by atoms with Gasteiger partial charge in [-0.3, -0.25) is 4.57 Å². The van der Waals surface area contributed by atoms with Crippen molar-refractivity contribution in [2.75, 3.05) is 11.9 Å². The Morgan fingerprint density at radius 1 is 1.05 bits per heavy atom. The second-order valence-electron chi connectivity index (χ2n) is 4.51. The zero-order valence-electron chi connectivity index (χ0n) is 11.7. The minimum atomic E-state index is 0.792. The second-order valence-corrected chi connectivity index (χ2v) is 4.51. The van der Waals surface area contributed by atoms with Crippen molar-refractivity contribution in [2.45, 2.75) is 20.4 Å². The largest absolute Gasteiger partial charge is 0.355 e. The summed E-state index contributed by atoms with van der Waals surface area (Å²) in [6, 6.07) is 12.1. The minimum Gasteiger partial charge on any atom is -0.355 e. The van der Waals surface area contributed by atoms with Gasteiger partial charge in [-0.15, -0.1) is 10.2 Å². The van der Waals surface area contributed by atoms with Crippen LogP contribution in [0.1, 0.15) is 13.8 Å². The fourth-order valence-corrected chi connectivity index (χ4v) is 2.27. The number of para-hydroxylation sites is 1. The van der Waals surface area contributed by atoms with Gasteiger partial charge in [0.1, 0.15) is 5.69 Å². The van der Waals surface area contributed by atoms with Crippen molar-refractivity contribution >= 4 is 16.9 Å². The highest BCUT2D eigenvalue weighted by Gasteiger charge is 2.13. The minimum absolute atomic E-state index is 0.792. The lowest BCUT2D eigenvalue weighted by Gasteiger charge is -2.08. The molecule has 3 rings (SSSR count). The van der Waals surface area contributed by atoms with Crippen molar-refractivity contribution in [1.29, 1.82) is 0 Å². The Labute approximate surface area is 117 Å². The molecule has 5 nitrogen and oxygen atoms in total. The molecule has 1 N–H and O–H groups in total. The number of anilines is 1. The van der Waals surface area contributed by atoms with E-state index in [4.69, 9.17) is 0 Å². The summed E-state index contributed by atoms with van der Waals surface area (Å²) in [7, 11) is 0. The van der Waals surface area contributed by atoms with Crippen molar-refractivity contribution in [3.05, 3.63) is 36.4 Å². The van der Waals surface area contributed by atoms with E-state index in [1.807, 2.05) is 35.8 Å². The average Bonchev–Trinajstić information content (AvgIpc) is 2.90. The number of hydrogen-bond donors (Lipinski definition) is 1. The molecule has 1 aromatic carbocycles. The van der Waals surface area contributed by atoms with Crippen LogP contribution in [-0.2, 0) is 6.54 Å². The Morgan fingerprint density at radius 2 is 1.90 bits per heavy atom. The SMILES string of the molecule is CCNc1nnc(-c2ccc3ccccc3n2)n1CC. The summed E-state index contributed by atoms with van der Waals surface area (Å²) in [6.45, 7) is 5.75. The van der Waals surface area contributed by atoms with Gasteiger partial charge in [-0.2, -0.15) is 0 Å². The van der Waals surface area contributed by atoms with Crippen molar-refractivity contribution in [3.63, 3.8) is 0 Å². The van der Waals surface area contributed by atoms with Gasteiger partial charge in [0.05, 0.1) is 5.52 Å². The van der Waals surface area contributed by atoms with Crippen molar-refractivity contribution in [1.82, 2.24) is 19.7 Å². The molecule has 0 saturated heterocycles. The Balaban J connectivity index is 2.10. The van der Waals surface area contributed by atoms with Crippen LogP contribution in [0, 0.1) is 0 Å². The molecule has 2 heterocycles. The van der Waals surface area contributed by atoms with Crippen LogP contribution in [-0.4, -0.2) is 26.3 Å². The summed E-state index contributed by atoms with van der Waals surface area (Å²) in [5.74, 6) is 1.59. The monoisotopic (exact) mass is 267 g/mol. The van der Waals surface area contributed by atoms with Crippen LogP contribution in [0.3, 0.4) is 0 Å². The van der Waals surface area contributed by atoms with Crippen LogP contribution in [0.5, 0.6) is 0 Å². The van der Waals surface area contributed by atoms with E-state index in [-0.39, 0.29) is 0 Å². The van der Waals surface area contributed by atoms with Crippen LogP contribution in [0.4, 0.5) is 5.95 Å². The van der Waals surface area contributed by atoms with Crippen LogP contribution in [0.2, 0.25) is 0 Å². The van der Waals surface area contributed by atoms with E-state index in [2.05, 4.69) is 39.6 Å². The molecule has 0 fully saturated rings. The molecule has 20 heavy (non-hydrogen) atoms. The molecule has 3 aromatic rings. The molecule has 0 bridgehead atoms. The van der Waals surface area contributed by atoms with Gasteiger partial charge in [0.25, 0.3) is 0 Å². The summed E-state index contributed by atoms with van der Waals surface area (Å²) < 4.78 is 2.04. The predicted octanol–water partition coefficient (Wildman–Crippen LogP) is 2.95. The lowest BCUT2D eigenvalue weighted by atomic mass is 10.2. The van der Waals surface area contributed by atoms with Gasteiger partial charge in [-0.05, 0) is 26.0 Å². The third-order valence-corrected chi connectivity index (χ3v) is 3.23. The number of fused-ring (bicyclic) bond motifs is 1. The summed E-state index contributed by atoms with van der Waals surface area (Å²) in [5.41, 5.74) is 1.82. The molecule has 0 aliphatic rings. The number of aromatic nitrogens is 4. The molecule has 0 saturated carbocycles. The molecule has 0 amide bonds. The number of benzene rings is 1. The van der Waals surface area contributed by atoms with E-state index < -0.39 is 0 Å². The van der Waals surface area contributed by atoms with Crippen molar-refractivity contribution in [2.24, 2.45) is 0 Å². The highest BCUT2D eigenvalue weighted by atomic mass is 15.4. The maximum atomic E-state index is 4.68. The van der Waals surface area contributed by atoms with E-state index in [1.165, 1.54) is 0 Å². The molecule has 102 valence electrons. The van der Waals surface area contributed by atoms with E-state index in [0.29, 0.717) is 0 Å². The zero-order valence-corrected chi connectivity index (χ0v) is 11.7. The van der Waals surface area contributed by atoms with Crippen LogP contribution in [0.25, 0.3) is 22.4 Å². The molecule has 0 atom stereocenters. The highest BCUT2D eigenvalue weighted by Crippen LogP contribution is 2.21. The number of rotatable bonds is 4. The van der Waals surface area contributed by atoms with E-state index in [0.717, 1.165) is 41.5 Å². The predicted molar refractivity (Wildman–Crippen MR) is 80.6 cm³/mol. The Hall–Kier alpha value is -2.43. The van der Waals surface area contributed by atoms with Gasteiger partial charge in [0.2, 0.25) is 5.95 Å². The van der Waals surface area contributed by atoms with E-state index in [1.54, 1.807) is 0 Å². The number of nitrogens with zero attached hydrogens (tertiary/aromatic N) is 4. The molecule has 0 unspecified atom stereocenters. The van der Waals surface area contributed by atoms with Gasteiger partial charge in [-0.1, -0.05) is 24.3 Å². The molecular formula is C15H17N5. The summed E-state index contributed by atoms with van der Waals surface area (Å²) in [6.07, 6.45) is 0. The lowest BCUT2D eigenvalue weighted by Crippen LogP contribution is -2.07. The first-order valence-corrected chi connectivity index (χ1v) is 6.86. The maximum Gasteiger partial charge on any atom is 0.224 e. The van der Waals surface area contributed by atoms with Crippen molar-refractivity contribution in [3.8, 4) is 11.5 Å². The second kappa shape index (κ2) is 5.28. The standard InChI is InChI=1S/C15H17N5/c1-3-16-15-19-18-14(20(15)4-2)13-10-9-11-7-5-6-8-12(11)17-13/h5-10H,3-4H2,1-2H3,(H,16,19). The lowest BCUT2D eigenvalue weighted by molar-refractivity contribution is 0.768. The molecule has 5 heteroatoms. The molecule has 0 aliphatic carbocycles. The average molecular weight is 267 g/mol. The first-order valence-electron chi connectivity index (χ1n) is 6.86. The summed E-state index contributed by atoms with van der Waals surface area (Å²) >= 11 is 0. The number of hydrogen-bond acceptors (Lipinski definition) is 4. The quantitative estimate of drug-likeness (QED) is 0.789. The smallest absolute Gasteiger partial charge is 0.224 e. The van der Waals surface area contributed by atoms with Crippen LogP contribution in [0.15, 0.2) is 36.4 Å². The van der Waals surface area contributed by atoms with Crippen LogP contribution < -0.4 is 5.32 Å². The Kier molecular flexibility index (Phi) is 3.33. The van der Waals surface area contributed by atoms with Crippen LogP contribution >= 0.6 is 0 Å². The molecule has 2 aromatic heterocycles. The number of pyridine rings is 1. The third kappa shape index (κ3) is 2.11. The molecule has 0 radical (unpaired) electrons. The topological polar surface area (TPSA) is 55.6 Å². The van der Waals surface area contributed by atoms with E-state index >= 15 is 0 Å². The summed E-state index contributed by atoms with van der Waals surface area (Å²) in [5, 5.41) is 12.8. The molecule has 0 spiro atoms. The Bertz CT molecular complexity index is 732. The van der Waals surface area contributed by atoms with Crippen molar-refractivity contribution < 1.29 is 0 Å². The highest BCUT2D eigenvalue weighted by molar-refractivity contribution is 5.80. The third-order valence-electron chi connectivity index (χ3n) is 3.23. The fourth-order valence-electron chi connectivity index (χ4n) is 2.27. The van der Waals surface area contributed by atoms with Gasteiger partial charge in [0.15, 0.2) is 5.82 Å².